The number of hydrogen-bond donors (Lipinski definition) is 4. The highest BCUT2D eigenvalue weighted by Gasteiger charge is 2.21. The number of amides is 1. The predicted molar refractivity (Wildman–Crippen MR) is 282 cm³/mol. The molecule has 5 heteroatoms. The molecule has 0 saturated carbocycles. The van der Waals surface area contributed by atoms with Gasteiger partial charge in [-0.05, 0) is 38.5 Å². The number of carbonyl (C=O) groups is 1. The largest absolute Gasteiger partial charge is 0.394 e. The summed E-state index contributed by atoms with van der Waals surface area (Å²) in [4.78, 5) is 12.5. The van der Waals surface area contributed by atoms with E-state index in [4.69, 9.17) is 0 Å². The van der Waals surface area contributed by atoms with Gasteiger partial charge < -0.3 is 20.6 Å². The summed E-state index contributed by atoms with van der Waals surface area (Å²) in [6, 6.07) is -0.655. The van der Waals surface area contributed by atoms with Crippen molar-refractivity contribution in [2.45, 2.75) is 353 Å². The van der Waals surface area contributed by atoms with Crippen LogP contribution in [0.5, 0.6) is 0 Å². The van der Waals surface area contributed by atoms with Gasteiger partial charge in [0.05, 0.1) is 31.3 Å². The van der Waals surface area contributed by atoms with E-state index in [1.165, 1.54) is 276 Å². The van der Waals surface area contributed by atoms with Crippen LogP contribution < -0.4 is 5.32 Å². The minimum atomic E-state index is -0.746. The second-order valence-electron chi connectivity index (χ2n) is 20.6. The van der Waals surface area contributed by atoms with Crippen molar-refractivity contribution in [3.63, 3.8) is 0 Å². The summed E-state index contributed by atoms with van der Waals surface area (Å²) in [6.45, 7) is 4.30. The van der Waals surface area contributed by atoms with Crippen LogP contribution in [0.15, 0.2) is 12.2 Å². The fourth-order valence-corrected chi connectivity index (χ4v) is 9.58. The van der Waals surface area contributed by atoms with Gasteiger partial charge in [-0.1, -0.05) is 302 Å². The van der Waals surface area contributed by atoms with Gasteiger partial charge in [0.1, 0.15) is 0 Å². The quantitative estimate of drug-likeness (QED) is 0.0362. The Hall–Kier alpha value is -0.910. The highest BCUT2D eigenvalue weighted by Crippen LogP contribution is 2.18. The Morgan fingerprint density at radius 2 is 0.625 bits per heavy atom. The van der Waals surface area contributed by atoms with Crippen LogP contribution in [-0.2, 0) is 4.79 Å². The highest BCUT2D eigenvalue weighted by molar-refractivity contribution is 5.76. The van der Waals surface area contributed by atoms with Crippen LogP contribution in [0, 0.1) is 0 Å². The molecule has 3 unspecified atom stereocenters. The van der Waals surface area contributed by atoms with Crippen LogP contribution in [0.2, 0.25) is 0 Å². The standard InChI is InChI=1S/C59H117NO4/c1-3-5-7-9-11-13-15-17-19-21-22-23-24-25-26-27-28-29-30-31-32-33-34-35-36-37-38-40-42-44-46-48-50-52-56(62)54-59(64)60-57(55-61)58(63)53-51-49-47-45-43-41-39-20-18-16-14-12-10-8-6-4-2/h27-28,56-58,61-63H,3-26,29-55H2,1-2H3,(H,60,64)/b28-27-. The molecule has 3 atom stereocenters. The van der Waals surface area contributed by atoms with Crippen molar-refractivity contribution in [2.75, 3.05) is 6.61 Å². The first-order chi connectivity index (χ1) is 31.5. The molecule has 0 aromatic heterocycles. The second-order valence-corrected chi connectivity index (χ2v) is 20.6. The number of aliphatic hydroxyl groups excluding tert-OH is 3. The van der Waals surface area contributed by atoms with Gasteiger partial charge in [0.2, 0.25) is 5.91 Å². The monoisotopic (exact) mass is 904 g/mol. The minimum Gasteiger partial charge on any atom is -0.394 e. The molecule has 0 rings (SSSR count). The minimum absolute atomic E-state index is 0.0412. The Morgan fingerprint density at radius 1 is 0.375 bits per heavy atom. The molecule has 0 aliphatic rings. The first-order valence-corrected chi connectivity index (χ1v) is 29.5. The molecule has 0 aromatic carbocycles. The van der Waals surface area contributed by atoms with Crippen molar-refractivity contribution >= 4 is 5.91 Å². The molecule has 0 radical (unpaired) electrons. The fourth-order valence-electron chi connectivity index (χ4n) is 9.58. The van der Waals surface area contributed by atoms with Crippen molar-refractivity contribution < 1.29 is 20.1 Å². The smallest absolute Gasteiger partial charge is 0.222 e. The third-order valence-electron chi connectivity index (χ3n) is 14.1. The summed E-state index contributed by atoms with van der Waals surface area (Å²) in [5, 5.41) is 33.6. The third kappa shape index (κ3) is 50.5. The number of carbonyl (C=O) groups excluding carboxylic acids is 1. The van der Waals surface area contributed by atoms with E-state index in [-0.39, 0.29) is 18.9 Å². The van der Waals surface area contributed by atoms with Crippen molar-refractivity contribution in [3.05, 3.63) is 12.2 Å². The number of hydrogen-bond acceptors (Lipinski definition) is 4. The molecule has 1 amide bonds. The lowest BCUT2D eigenvalue weighted by atomic mass is 10.0. The molecule has 0 aromatic rings. The van der Waals surface area contributed by atoms with Gasteiger partial charge >= 0.3 is 0 Å². The third-order valence-corrected chi connectivity index (χ3v) is 14.1. The van der Waals surface area contributed by atoms with E-state index in [9.17, 15) is 20.1 Å². The Balaban J connectivity index is 3.45. The maximum absolute atomic E-state index is 12.5. The zero-order valence-corrected chi connectivity index (χ0v) is 43.7. The Morgan fingerprint density at radius 3 is 0.906 bits per heavy atom. The molecule has 382 valence electrons. The summed E-state index contributed by atoms with van der Waals surface area (Å²) >= 11 is 0. The first kappa shape index (κ1) is 63.1. The fraction of sp³-hybridized carbons (Fsp3) is 0.949. The van der Waals surface area contributed by atoms with Crippen LogP contribution in [0.1, 0.15) is 335 Å². The SMILES string of the molecule is CCCCCCCCCCCCCCCC/C=C\CCCCCCCCCCCCCCCCCC(O)CC(=O)NC(CO)C(O)CCCCCCCCCCCCCCCCCC. The molecule has 0 heterocycles. The molecule has 0 spiro atoms. The maximum Gasteiger partial charge on any atom is 0.222 e. The molecule has 0 saturated heterocycles. The number of allylic oxidation sites excluding steroid dienone is 2. The highest BCUT2D eigenvalue weighted by atomic mass is 16.3. The first-order valence-electron chi connectivity index (χ1n) is 29.5. The van der Waals surface area contributed by atoms with Crippen molar-refractivity contribution in [1.82, 2.24) is 5.32 Å². The molecule has 0 fully saturated rings. The van der Waals surface area contributed by atoms with E-state index in [1.807, 2.05) is 0 Å². The van der Waals surface area contributed by atoms with Crippen LogP contribution >= 0.6 is 0 Å². The van der Waals surface area contributed by atoms with Gasteiger partial charge in [-0.2, -0.15) is 0 Å². The average molecular weight is 905 g/mol. The van der Waals surface area contributed by atoms with E-state index in [2.05, 4.69) is 31.3 Å². The van der Waals surface area contributed by atoms with E-state index in [0.717, 1.165) is 25.7 Å². The lowest BCUT2D eigenvalue weighted by molar-refractivity contribution is -0.125. The molecule has 0 aliphatic heterocycles. The van der Waals surface area contributed by atoms with Gasteiger partial charge in [0.25, 0.3) is 0 Å². The van der Waals surface area contributed by atoms with Crippen LogP contribution in [0.25, 0.3) is 0 Å². The summed E-state index contributed by atoms with van der Waals surface area (Å²) in [5.74, 6) is -0.277. The molecule has 0 bridgehead atoms. The molecule has 0 aliphatic carbocycles. The van der Waals surface area contributed by atoms with E-state index in [1.54, 1.807) is 0 Å². The topological polar surface area (TPSA) is 89.8 Å². The van der Waals surface area contributed by atoms with Crippen LogP contribution in [-0.4, -0.2) is 46.1 Å². The van der Waals surface area contributed by atoms with Crippen LogP contribution in [0.3, 0.4) is 0 Å². The Kier molecular flexibility index (Phi) is 53.9. The summed E-state index contributed by atoms with van der Waals surface area (Å²) < 4.78 is 0. The molecule has 4 N–H and O–H groups in total. The van der Waals surface area contributed by atoms with Crippen molar-refractivity contribution in [1.29, 1.82) is 0 Å². The van der Waals surface area contributed by atoms with E-state index in [0.29, 0.717) is 12.8 Å². The number of nitrogens with one attached hydrogen (secondary N) is 1. The zero-order valence-electron chi connectivity index (χ0n) is 43.7. The zero-order chi connectivity index (χ0) is 46.5. The Bertz CT molecular complexity index is 909. The second kappa shape index (κ2) is 54.7. The number of aliphatic hydroxyl groups is 3. The number of rotatable bonds is 55. The van der Waals surface area contributed by atoms with Gasteiger partial charge in [-0.25, -0.2) is 0 Å². The van der Waals surface area contributed by atoms with Crippen molar-refractivity contribution in [3.8, 4) is 0 Å². The Labute approximate surface area is 401 Å². The van der Waals surface area contributed by atoms with Crippen LogP contribution in [0.4, 0.5) is 0 Å². The molecular formula is C59H117NO4. The molecule has 64 heavy (non-hydrogen) atoms. The van der Waals surface area contributed by atoms with E-state index >= 15 is 0 Å². The lowest BCUT2D eigenvalue weighted by Crippen LogP contribution is -2.46. The summed E-state index contributed by atoms with van der Waals surface area (Å²) in [6.07, 6.45) is 68.2. The van der Waals surface area contributed by atoms with Gasteiger partial charge in [-0.3, -0.25) is 4.79 Å². The summed E-state index contributed by atoms with van der Waals surface area (Å²) in [5.41, 5.74) is 0. The average Bonchev–Trinajstić information content (AvgIpc) is 3.29. The number of unbranched alkanes of at least 4 members (excludes halogenated alkanes) is 44. The normalized spacial score (nSPS) is 13.3. The molecular weight excluding hydrogens is 787 g/mol. The van der Waals surface area contributed by atoms with E-state index < -0.39 is 18.2 Å². The van der Waals surface area contributed by atoms with Gasteiger partial charge in [-0.15, -0.1) is 0 Å². The van der Waals surface area contributed by atoms with Gasteiger partial charge in [0, 0.05) is 0 Å². The van der Waals surface area contributed by atoms with Gasteiger partial charge in [0.15, 0.2) is 0 Å². The predicted octanol–water partition coefficient (Wildman–Crippen LogP) is 18.3. The lowest BCUT2D eigenvalue weighted by Gasteiger charge is -2.23. The molecule has 5 nitrogen and oxygen atoms in total. The van der Waals surface area contributed by atoms with Crippen molar-refractivity contribution in [2.24, 2.45) is 0 Å². The summed E-state index contributed by atoms with van der Waals surface area (Å²) in [7, 11) is 0. The maximum atomic E-state index is 12.5.